The number of carbonyl (C=O) groups is 1. The van der Waals surface area contributed by atoms with Gasteiger partial charge in [-0.15, -0.1) is 0 Å². The Balaban J connectivity index is 2.17. The highest BCUT2D eigenvalue weighted by molar-refractivity contribution is 5.99. The molecule has 0 radical (unpaired) electrons. The molecule has 1 amide bonds. The largest absolute Gasteiger partial charge is 0.396 e. The van der Waals surface area contributed by atoms with E-state index in [1.807, 2.05) is 0 Å². The van der Waals surface area contributed by atoms with Gasteiger partial charge in [0, 0.05) is 0 Å². The summed E-state index contributed by atoms with van der Waals surface area (Å²) in [4.78, 5) is 12.0. The molecule has 0 saturated heterocycles. The number of nitrogens with one attached hydrogen (secondary N) is 1. The predicted octanol–water partition coefficient (Wildman–Crippen LogP) is 3.04. The minimum Gasteiger partial charge on any atom is -0.396 e. The molecule has 0 aliphatic carbocycles. The number of benzene rings is 2. The number of nitrogens with two attached hydrogens (primary N) is 1. The zero-order valence-electron chi connectivity index (χ0n) is 10.9. The molecule has 0 unspecified atom stereocenters. The van der Waals surface area contributed by atoms with E-state index in [9.17, 15) is 13.6 Å². The van der Waals surface area contributed by atoms with Crippen LogP contribution in [0.4, 0.5) is 14.5 Å². The molecule has 104 valence electrons. The Labute approximate surface area is 115 Å². The molecule has 0 aliphatic rings. The number of halogens is 2. The van der Waals surface area contributed by atoms with Crippen LogP contribution in [0.3, 0.4) is 0 Å². The van der Waals surface area contributed by atoms with Gasteiger partial charge < -0.3 is 11.1 Å². The first-order valence-electron chi connectivity index (χ1n) is 6.09. The van der Waals surface area contributed by atoms with Crippen LogP contribution in [0.15, 0.2) is 42.5 Å². The van der Waals surface area contributed by atoms with Crippen LogP contribution in [0.25, 0.3) is 0 Å². The number of para-hydroxylation sites is 1. The second-order valence-corrected chi connectivity index (χ2v) is 4.45. The van der Waals surface area contributed by atoms with Gasteiger partial charge in [-0.2, -0.15) is 0 Å². The number of hydrogen-bond donors (Lipinski definition) is 2. The van der Waals surface area contributed by atoms with Crippen molar-refractivity contribution in [2.24, 2.45) is 0 Å². The van der Waals surface area contributed by atoms with Crippen molar-refractivity contribution in [2.75, 3.05) is 5.73 Å². The molecule has 0 saturated carbocycles. The van der Waals surface area contributed by atoms with Crippen molar-refractivity contribution in [1.82, 2.24) is 5.32 Å². The second kappa shape index (κ2) is 5.69. The Kier molecular flexibility index (Phi) is 3.98. The quantitative estimate of drug-likeness (QED) is 0.847. The third kappa shape index (κ3) is 2.93. The summed E-state index contributed by atoms with van der Waals surface area (Å²) in [5, 5.41) is 2.66. The van der Waals surface area contributed by atoms with E-state index >= 15 is 0 Å². The van der Waals surface area contributed by atoms with Gasteiger partial charge in [0.25, 0.3) is 5.91 Å². The van der Waals surface area contributed by atoms with Gasteiger partial charge in [0.15, 0.2) is 0 Å². The monoisotopic (exact) mass is 276 g/mol. The maximum atomic E-state index is 13.3. The highest BCUT2D eigenvalue weighted by Gasteiger charge is 2.15. The molecule has 20 heavy (non-hydrogen) atoms. The molecule has 5 heteroatoms. The van der Waals surface area contributed by atoms with Crippen molar-refractivity contribution in [1.29, 1.82) is 0 Å². The van der Waals surface area contributed by atoms with Crippen LogP contribution in [0, 0.1) is 11.6 Å². The Bertz CT molecular complexity index is 644. The summed E-state index contributed by atoms with van der Waals surface area (Å²) in [5.74, 6) is -1.52. The molecule has 2 aromatic rings. The minimum atomic E-state index is -0.643. The first kappa shape index (κ1) is 14.0. The van der Waals surface area contributed by atoms with Gasteiger partial charge in [0.05, 0.1) is 17.3 Å². The van der Waals surface area contributed by atoms with Crippen molar-refractivity contribution < 1.29 is 13.6 Å². The van der Waals surface area contributed by atoms with Crippen molar-refractivity contribution in [3.63, 3.8) is 0 Å². The summed E-state index contributed by atoms with van der Waals surface area (Å²) < 4.78 is 26.4. The van der Waals surface area contributed by atoms with Crippen LogP contribution >= 0.6 is 0 Å². The fourth-order valence-corrected chi connectivity index (χ4v) is 1.87. The number of amides is 1. The molecule has 1 atom stereocenters. The molecule has 2 rings (SSSR count). The lowest BCUT2D eigenvalue weighted by Crippen LogP contribution is -2.27. The molecule has 0 spiro atoms. The Morgan fingerprint density at radius 1 is 1.20 bits per heavy atom. The van der Waals surface area contributed by atoms with Crippen molar-refractivity contribution in [2.45, 2.75) is 13.0 Å². The number of rotatable bonds is 3. The highest BCUT2D eigenvalue weighted by Crippen LogP contribution is 2.18. The van der Waals surface area contributed by atoms with Crippen LogP contribution in [-0.4, -0.2) is 5.91 Å². The molecule has 0 aliphatic heterocycles. The fraction of sp³-hybridized carbons (Fsp3) is 0.133. The van der Waals surface area contributed by atoms with Gasteiger partial charge in [0.1, 0.15) is 11.6 Å². The van der Waals surface area contributed by atoms with E-state index < -0.39 is 17.8 Å². The van der Waals surface area contributed by atoms with Gasteiger partial charge in [0.2, 0.25) is 0 Å². The van der Waals surface area contributed by atoms with Crippen LogP contribution in [0.2, 0.25) is 0 Å². The molecular weight excluding hydrogens is 262 g/mol. The van der Waals surface area contributed by atoms with E-state index in [2.05, 4.69) is 5.32 Å². The molecule has 0 fully saturated rings. The third-order valence-electron chi connectivity index (χ3n) is 2.99. The smallest absolute Gasteiger partial charge is 0.253 e. The number of hydrogen-bond acceptors (Lipinski definition) is 2. The lowest BCUT2D eigenvalue weighted by molar-refractivity contribution is 0.0940. The van der Waals surface area contributed by atoms with Crippen molar-refractivity contribution in [3.05, 3.63) is 65.2 Å². The molecule has 3 N–H and O–H groups in total. The molecule has 0 aromatic heterocycles. The third-order valence-corrected chi connectivity index (χ3v) is 2.99. The summed E-state index contributed by atoms with van der Waals surface area (Å²) >= 11 is 0. The van der Waals surface area contributed by atoms with Gasteiger partial charge in [-0.3, -0.25) is 4.79 Å². The van der Waals surface area contributed by atoms with Gasteiger partial charge in [-0.05, 0) is 36.8 Å². The van der Waals surface area contributed by atoms with Gasteiger partial charge in [-0.25, -0.2) is 8.78 Å². The molecule has 0 bridgehead atoms. The number of nitrogen functional groups attached to an aromatic ring is 1. The summed E-state index contributed by atoms with van der Waals surface area (Å²) in [6.07, 6.45) is 0. The normalized spacial score (nSPS) is 11.9. The Morgan fingerprint density at radius 3 is 2.60 bits per heavy atom. The minimum absolute atomic E-state index is 0.0632. The predicted molar refractivity (Wildman–Crippen MR) is 73.1 cm³/mol. The zero-order valence-corrected chi connectivity index (χ0v) is 10.9. The second-order valence-electron chi connectivity index (χ2n) is 4.45. The first-order chi connectivity index (χ1) is 9.49. The lowest BCUT2D eigenvalue weighted by Gasteiger charge is -2.15. The van der Waals surface area contributed by atoms with Crippen LogP contribution in [0.5, 0.6) is 0 Å². The lowest BCUT2D eigenvalue weighted by atomic mass is 10.1. The number of anilines is 1. The van der Waals surface area contributed by atoms with Gasteiger partial charge in [-0.1, -0.05) is 18.2 Å². The molecule has 0 heterocycles. The van der Waals surface area contributed by atoms with Crippen molar-refractivity contribution in [3.8, 4) is 0 Å². The maximum absolute atomic E-state index is 13.3. The van der Waals surface area contributed by atoms with E-state index in [-0.39, 0.29) is 17.1 Å². The maximum Gasteiger partial charge on any atom is 0.253 e. The Hall–Kier alpha value is -2.43. The molecule has 2 aromatic carbocycles. The zero-order chi connectivity index (χ0) is 14.7. The van der Waals surface area contributed by atoms with E-state index in [0.29, 0.717) is 5.56 Å². The van der Waals surface area contributed by atoms with Crippen LogP contribution in [0.1, 0.15) is 28.9 Å². The summed E-state index contributed by atoms with van der Waals surface area (Å²) in [6.45, 7) is 1.71. The summed E-state index contributed by atoms with van der Waals surface area (Å²) in [6, 6.07) is 9.53. The van der Waals surface area contributed by atoms with Gasteiger partial charge >= 0.3 is 0 Å². The van der Waals surface area contributed by atoms with Crippen molar-refractivity contribution >= 4 is 11.6 Å². The average Bonchev–Trinajstić information content (AvgIpc) is 2.41. The molecular formula is C15H14F2N2O. The summed E-state index contributed by atoms with van der Waals surface area (Å²) in [7, 11) is 0. The van der Waals surface area contributed by atoms with Crippen LogP contribution < -0.4 is 11.1 Å². The van der Waals surface area contributed by atoms with E-state index in [1.165, 1.54) is 30.3 Å². The molecule has 3 nitrogen and oxygen atoms in total. The van der Waals surface area contributed by atoms with E-state index in [0.717, 1.165) is 0 Å². The highest BCUT2D eigenvalue weighted by atomic mass is 19.1. The summed E-state index contributed by atoms with van der Waals surface area (Å²) in [5.41, 5.74) is 6.01. The number of carbonyl (C=O) groups excluding carboxylic acids is 1. The topological polar surface area (TPSA) is 55.1 Å². The Morgan fingerprint density at radius 2 is 1.90 bits per heavy atom. The van der Waals surface area contributed by atoms with E-state index in [1.54, 1.807) is 19.1 Å². The fourth-order valence-electron chi connectivity index (χ4n) is 1.87. The first-order valence-corrected chi connectivity index (χ1v) is 6.09. The standard InChI is InChI=1S/C15H14F2N2O/c1-9(10-4-2-5-11(16)8-10)19-15(20)12-6-3-7-13(17)14(12)18/h2-9H,18H2,1H3,(H,19,20)/t9-/m0/s1. The van der Waals surface area contributed by atoms with E-state index in [4.69, 9.17) is 5.73 Å². The average molecular weight is 276 g/mol. The SMILES string of the molecule is C[C@H](NC(=O)c1cccc(F)c1N)c1cccc(F)c1. The van der Waals surface area contributed by atoms with Crippen LogP contribution in [-0.2, 0) is 0 Å².